The van der Waals surface area contributed by atoms with E-state index in [0.29, 0.717) is 19.8 Å². The molecule has 1 heterocycles. The Labute approximate surface area is 138 Å². The first kappa shape index (κ1) is 18.7. The number of nitrogens with one attached hydrogen (secondary N) is 1. The highest BCUT2D eigenvalue weighted by Crippen LogP contribution is 2.20. The number of carbonyl (C=O) groups is 1. The maximum absolute atomic E-state index is 12.2. The third-order valence-electron chi connectivity index (χ3n) is 3.97. The van der Waals surface area contributed by atoms with Gasteiger partial charge in [0.1, 0.15) is 5.75 Å². The van der Waals surface area contributed by atoms with E-state index in [2.05, 4.69) is 5.32 Å². The predicted molar refractivity (Wildman–Crippen MR) is 88.3 cm³/mol. The number of aryl methyl sites for hydroxylation is 1. The summed E-state index contributed by atoms with van der Waals surface area (Å²) in [6, 6.07) is 5.46. The maximum Gasteiger partial charge on any atom is 0.237 e. The van der Waals surface area contributed by atoms with Crippen molar-refractivity contribution in [3.05, 3.63) is 29.3 Å². The van der Waals surface area contributed by atoms with Crippen LogP contribution in [0.3, 0.4) is 0 Å². The van der Waals surface area contributed by atoms with Crippen molar-refractivity contribution in [1.82, 2.24) is 5.32 Å². The van der Waals surface area contributed by atoms with Gasteiger partial charge in [0.15, 0.2) is 0 Å². The van der Waals surface area contributed by atoms with Gasteiger partial charge in [-0.2, -0.15) is 0 Å². The van der Waals surface area contributed by atoms with E-state index in [4.69, 9.17) is 15.2 Å². The average Bonchev–Trinajstić information content (AvgIpc) is 2.53. The molecule has 6 heteroatoms. The molecule has 1 atom stereocenters. The molecule has 1 unspecified atom stereocenters. The molecule has 5 nitrogen and oxygen atoms in total. The molecule has 2 rings (SSSR count). The van der Waals surface area contributed by atoms with Gasteiger partial charge < -0.3 is 20.5 Å². The summed E-state index contributed by atoms with van der Waals surface area (Å²) in [4.78, 5) is 12.2. The Bertz CT molecular complexity index is 490. The van der Waals surface area contributed by atoms with Gasteiger partial charge >= 0.3 is 0 Å². The predicted octanol–water partition coefficient (Wildman–Crippen LogP) is 1.80. The Morgan fingerprint density at radius 2 is 2.14 bits per heavy atom. The molecule has 0 saturated carbocycles. The summed E-state index contributed by atoms with van der Waals surface area (Å²) in [7, 11) is 1.63. The first-order valence-corrected chi connectivity index (χ1v) is 7.36. The van der Waals surface area contributed by atoms with Gasteiger partial charge in [-0.3, -0.25) is 4.79 Å². The van der Waals surface area contributed by atoms with E-state index >= 15 is 0 Å². The Kier molecular flexibility index (Phi) is 7.65. The number of amides is 1. The number of hydrogen-bond donors (Lipinski definition) is 2. The zero-order chi connectivity index (χ0) is 15.2. The van der Waals surface area contributed by atoms with Crippen molar-refractivity contribution in [2.24, 2.45) is 11.7 Å². The van der Waals surface area contributed by atoms with Crippen LogP contribution in [0.2, 0.25) is 0 Å². The molecule has 1 aromatic rings. The van der Waals surface area contributed by atoms with Crippen molar-refractivity contribution in [2.45, 2.75) is 32.4 Å². The van der Waals surface area contributed by atoms with E-state index < -0.39 is 6.04 Å². The fourth-order valence-corrected chi connectivity index (χ4v) is 2.59. The normalized spacial score (nSPS) is 16.5. The summed E-state index contributed by atoms with van der Waals surface area (Å²) in [5.74, 6) is 0.887. The molecule has 124 valence electrons. The van der Waals surface area contributed by atoms with Gasteiger partial charge in [0, 0.05) is 25.3 Å². The summed E-state index contributed by atoms with van der Waals surface area (Å²) >= 11 is 0. The van der Waals surface area contributed by atoms with E-state index in [1.54, 1.807) is 7.11 Å². The zero-order valence-corrected chi connectivity index (χ0v) is 13.9. The first-order chi connectivity index (χ1) is 10.1. The Balaban J connectivity index is 0.00000242. The smallest absolute Gasteiger partial charge is 0.237 e. The molecular formula is C16H25ClN2O3. The van der Waals surface area contributed by atoms with Crippen molar-refractivity contribution in [2.75, 3.05) is 20.3 Å². The highest BCUT2D eigenvalue weighted by Gasteiger charge is 2.26. The van der Waals surface area contributed by atoms with E-state index in [0.717, 1.165) is 29.7 Å². The van der Waals surface area contributed by atoms with Gasteiger partial charge in [0.2, 0.25) is 5.91 Å². The number of nitrogens with two attached hydrogens (primary N) is 1. The largest absolute Gasteiger partial charge is 0.496 e. The second kappa shape index (κ2) is 8.98. The number of hydrogen-bond acceptors (Lipinski definition) is 4. The molecule has 1 aliphatic rings. The lowest BCUT2D eigenvalue weighted by molar-refractivity contribution is -0.124. The average molecular weight is 329 g/mol. The molecule has 1 amide bonds. The molecule has 1 aromatic carbocycles. The fourth-order valence-electron chi connectivity index (χ4n) is 2.59. The van der Waals surface area contributed by atoms with Gasteiger partial charge in [0.25, 0.3) is 0 Å². The molecule has 0 radical (unpaired) electrons. The van der Waals surface area contributed by atoms with Crippen molar-refractivity contribution < 1.29 is 14.3 Å². The summed E-state index contributed by atoms with van der Waals surface area (Å²) in [6.45, 7) is 3.82. The lowest BCUT2D eigenvalue weighted by atomic mass is 9.92. The van der Waals surface area contributed by atoms with Crippen LogP contribution in [0.5, 0.6) is 5.75 Å². The second-order valence-electron chi connectivity index (χ2n) is 5.51. The summed E-state index contributed by atoms with van der Waals surface area (Å²) in [5.41, 5.74) is 8.13. The molecule has 3 N–H and O–H groups in total. The van der Waals surface area contributed by atoms with Crippen LogP contribution in [-0.4, -0.2) is 32.3 Å². The Hall–Kier alpha value is -1.30. The van der Waals surface area contributed by atoms with Gasteiger partial charge in [-0.15, -0.1) is 12.4 Å². The maximum atomic E-state index is 12.2. The standard InChI is InChI=1S/C16H24N2O3.ClH/c1-11-3-4-13(14(9-11)20-2)10-18-16(19)15(17)12-5-7-21-8-6-12;/h3-4,9,12,15H,5-8,10,17H2,1-2H3,(H,18,19);1H. The van der Waals surface area contributed by atoms with E-state index in [9.17, 15) is 4.79 Å². The van der Waals surface area contributed by atoms with Crippen LogP contribution >= 0.6 is 12.4 Å². The van der Waals surface area contributed by atoms with Crippen molar-refractivity contribution in [3.8, 4) is 5.75 Å². The molecule has 0 aliphatic carbocycles. The zero-order valence-electron chi connectivity index (χ0n) is 13.1. The molecule has 1 fully saturated rings. The molecule has 1 aliphatic heterocycles. The monoisotopic (exact) mass is 328 g/mol. The van der Waals surface area contributed by atoms with E-state index in [1.165, 1.54) is 0 Å². The third-order valence-corrected chi connectivity index (χ3v) is 3.97. The van der Waals surface area contributed by atoms with Gasteiger partial charge in [-0.25, -0.2) is 0 Å². The van der Waals surface area contributed by atoms with Crippen LogP contribution in [0, 0.1) is 12.8 Å². The quantitative estimate of drug-likeness (QED) is 0.864. The highest BCUT2D eigenvalue weighted by atomic mass is 35.5. The van der Waals surface area contributed by atoms with Crippen LogP contribution in [0.1, 0.15) is 24.0 Å². The van der Waals surface area contributed by atoms with Crippen LogP contribution in [-0.2, 0) is 16.1 Å². The number of ether oxygens (including phenoxy) is 2. The van der Waals surface area contributed by atoms with Crippen molar-refractivity contribution in [1.29, 1.82) is 0 Å². The minimum absolute atomic E-state index is 0. The number of carbonyl (C=O) groups excluding carboxylic acids is 1. The Morgan fingerprint density at radius 1 is 1.45 bits per heavy atom. The fraction of sp³-hybridized carbons (Fsp3) is 0.562. The van der Waals surface area contributed by atoms with Crippen LogP contribution in [0.4, 0.5) is 0 Å². The summed E-state index contributed by atoms with van der Waals surface area (Å²) in [6.07, 6.45) is 1.70. The second-order valence-corrected chi connectivity index (χ2v) is 5.51. The van der Waals surface area contributed by atoms with Crippen LogP contribution in [0.25, 0.3) is 0 Å². The Morgan fingerprint density at radius 3 is 2.77 bits per heavy atom. The molecule has 1 saturated heterocycles. The molecule has 0 bridgehead atoms. The SMILES string of the molecule is COc1cc(C)ccc1CNC(=O)C(N)C1CCOCC1.Cl. The van der Waals surface area contributed by atoms with E-state index in [-0.39, 0.29) is 24.2 Å². The van der Waals surface area contributed by atoms with E-state index in [1.807, 2.05) is 25.1 Å². The number of benzene rings is 1. The minimum Gasteiger partial charge on any atom is -0.496 e. The molecule has 0 spiro atoms. The van der Waals surface area contributed by atoms with Gasteiger partial charge in [0.05, 0.1) is 13.2 Å². The topological polar surface area (TPSA) is 73.6 Å². The van der Waals surface area contributed by atoms with Crippen LogP contribution < -0.4 is 15.8 Å². The molecule has 0 aromatic heterocycles. The number of rotatable bonds is 5. The molecular weight excluding hydrogens is 304 g/mol. The summed E-state index contributed by atoms with van der Waals surface area (Å²) in [5, 5.41) is 2.91. The van der Waals surface area contributed by atoms with Gasteiger partial charge in [-0.05, 0) is 37.3 Å². The number of halogens is 1. The lowest BCUT2D eigenvalue weighted by Gasteiger charge is -2.26. The van der Waals surface area contributed by atoms with Crippen molar-refractivity contribution >= 4 is 18.3 Å². The highest BCUT2D eigenvalue weighted by molar-refractivity contribution is 5.85. The van der Waals surface area contributed by atoms with Gasteiger partial charge in [-0.1, -0.05) is 12.1 Å². The number of methoxy groups -OCH3 is 1. The van der Waals surface area contributed by atoms with Crippen molar-refractivity contribution in [3.63, 3.8) is 0 Å². The first-order valence-electron chi connectivity index (χ1n) is 7.36. The molecule has 22 heavy (non-hydrogen) atoms. The minimum atomic E-state index is -0.467. The third kappa shape index (κ3) is 4.87. The summed E-state index contributed by atoms with van der Waals surface area (Å²) < 4.78 is 10.6. The lowest BCUT2D eigenvalue weighted by Crippen LogP contribution is -2.46. The van der Waals surface area contributed by atoms with Crippen LogP contribution in [0.15, 0.2) is 18.2 Å².